The quantitative estimate of drug-likeness (QED) is 0.557. The number of nitrogens with zero attached hydrogens (tertiary/aromatic N) is 1. The SMILES string of the molecule is NN(NNc1cccc(F)c1)c1ccccc1. The highest BCUT2D eigenvalue weighted by Crippen LogP contribution is 2.09. The van der Waals surface area contributed by atoms with Crippen LogP contribution in [0.25, 0.3) is 0 Å². The molecule has 4 nitrogen and oxygen atoms in total. The molecule has 5 heteroatoms. The van der Waals surface area contributed by atoms with Crippen LogP contribution in [0.3, 0.4) is 0 Å². The Hall–Kier alpha value is -2.11. The van der Waals surface area contributed by atoms with Gasteiger partial charge in [0.25, 0.3) is 0 Å². The zero-order chi connectivity index (χ0) is 12.1. The van der Waals surface area contributed by atoms with Gasteiger partial charge >= 0.3 is 0 Å². The minimum absolute atomic E-state index is 0.305. The number of hydrogen-bond donors (Lipinski definition) is 3. The smallest absolute Gasteiger partial charge is 0.125 e. The molecule has 0 aliphatic heterocycles. The molecule has 88 valence electrons. The van der Waals surface area contributed by atoms with Gasteiger partial charge in [0.1, 0.15) is 5.82 Å². The number of anilines is 2. The molecule has 17 heavy (non-hydrogen) atoms. The lowest BCUT2D eigenvalue weighted by Crippen LogP contribution is -2.47. The molecule has 0 bridgehead atoms. The Labute approximate surface area is 98.8 Å². The first-order valence-electron chi connectivity index (χ1n) is 5.13. The monoisotopic (exact) mass is 232 g/mol. The van der Waals surface area contributed by atoms with Crippen molar-refractivity contribution in [1.29, 1.82) is 0 Å². The van der Waals surface area contributed by atoms with Crippen molar-refractivity contribution in [2.75, 3.05) is 10.5 Å². The molecular weight excluding hydrogens is 219 g/mol. The summed E-state index contributed by atoms with van der Waals surface area (Å²) in [7, 11) is 0. The largest absolute Gasteiger partial charge is 0.303 e. The summed E-state index contributed by atoms with van der Waals surface area (Å²) in [5.74, 6) is 5.44. The van der Waals surface area contributed by atoms with Gasteiger partial charge in [-0.15, -0.1) is 5.53 Å². The second kappa shape index (κ2) is 5.29. The highest BCUT2D eigenvalue weighted by molar-refractivity contribution is 5.46. The Morgan fingerprint density at radius 3 is 2.47 bits per heavy atom. The Kier molecular flexibility index (Phi) is 3.54. The third-order valence-electron chi connectivity index (χ3n) is 2.18. The predicted octanol–water partition coefficient (Wildman–Crippen LogP) is 2.04. The maximum Gasteiger partial charge on any atom is 0.125 e. The molecule has 0 radical (unpaired) electrons. The van der Waals surface area contributed by atoms with E-state index in [9.17, 15) is 4.39 Å². The first-order valence-corrected chi connectivity index (χ1v) is 5.13. The third kappa shape index (κ3) is 3.17. The molecule has 0 aromatic heterocycles. The van der Waals surface area contributed by atoms with Gasteiger partial charge in [-0.3, -0.25) is 0 Å². The molecule has 0 aliphatic rings. The van der Waals surface area contributed by atoms with Crippen LogP contribution in [0.1, 0.15) is 0 Å². The van der Waals surface area contributed by atoms with Crippen LogP contribution in [-0.4, -0.2) is 0 Å². The molecule has 4 N–H and O–H groups in total. The second-order valence-electron chi connectivity index (χ2n) is 3.45. The Morgan fingerprint density at radius 2 is 1.76 bits per heavy atom. The van der Waals surface area contributed by atoms with Gasteiger partial charge in [0, 0.05) is 0 Å². The van der Waals surface area contributed by atoms with E-state index in [1.54, 1.807) is 12.1 Å². The molecule has 2 rings (SSSR count). The lowest BCUT2D eigenvalue weighted by molar-refractivity contribution is 0.627. The summed E-state index contributed by atoms with van der Waals surface area (Å²) in [6.45, 7) is 0. The van der Waals surface area contributed by atoms with Gasteiger partial charge in [-0.05, 0) is 30.3 Å². The van der Waals surface area contributed by atoms with E-state index >= 15 is 0 Å². The first kappa shape index (κ1) is 11.4. The van der Waals surface area contributed by atoms with Crippen molar-refractivity contribution < 1.29 is 4.39 Å². The van der Waals surface area contributed by atoms with Crippen LogP contribution in [0.15, 0.2) is 54.6 Å². The maximum absolute atomic E-state index is 12.9. The van der Waals surface area contributed by atoms with E-state index in [-0.39, 0.29) is 5.82 Å². The third-order valence-corrected chi connectivity index (χ3v) is 2.18. The molecule has 0 spiro atoms. The van der Waals surface area contributed by atoms with Crippen molar-refractivity contribution in [3.63, 3.8) is 0 Å². The van der Waals surface area contributed by atoms with Gasteiger partial charge < -0.3 is 5.43 Å². The standard InChI is InChI=1S/C12H13FN4/c13-10-5-4-6-11(9-10)15-16-17(14)12-7-2-1-3-8-12/h1-9,15-16H,14H2. The molecule has 0 fully saturated rings. The molecular formula is C12H13FN4. The van der Waals surface area contributed by atoms with Crippen LogP contribution in [0.5, 0.6) is 0 Å². The summed E-state index contributed by atoms with van der Waals surface area (Å²) in [6, 6.07) is 15.4. The average molecular weight is 232 g/mol. The van der Waals surface area contributed by atoms with Crippen molar-refractivity contribution in [2.24, 2.45) is 5.84 Å². The van der Waals surface area contributed by atoms with Gasteiger partial charge in [-0.1, -0.05) is 24.3 Å². The number of para-hydroxylation sites is 1. The van der Waals surface area contributed by atoms with E-state index < -0.39 is 0 Å². The van der Waals surface area contributed by atoms with E-state index in [0.717, 1.165) is 5.69 Å². The minimum Gasteiger partial charge on any atom is -0.303 e. The highest BCUT2D eigenvalue weighted by atomic mass is 19.1. The average Bonchev–Trinajstić information content (AvgIpc) is 2.37. The van der Waals surface area contributed by atoms with Crippen LogP contribution >= 0.6 is 0 Å². The van der Waals surface area contributed by atoms with Gasteiger partial charge in [-0.25, -0.2) is 15.4 Å². The molecule has 0 unspecified atom stereocenters. The normalized spacial score (nSPS) is 10.0. The summed E-state index contributed by atoms with van der Waals surface area (Å²) in [4.78, 5) is 0. The molecule has 2 aromatic carbocycles. The van der Waals surface area contributed by atoms with Gasteiger partial charge in [0.05, 0.1) is 11.4 Å². The highest BCUT2D eigenvalue weighted by Gasteiger charge is 1.99. The van der Waals surface area contributed by atoms with Crippen LogP contribution in [0, 0.1) is 5.82 Å². The van der Waals surface area contributed by atoms with Crippen LogP contribution in [0.4, 0.5) is 15.8 Å². The van der Waals surface area contributed by atoms with E-state index in [0.29, 0.717) is 5.69 Å². The molecule has 0 aliphatic carbocycles. The number of nitrogens with two attached hydrogens (primary N) is 1. The van der Waals surface area contributed by atoms with E-state index in [4.69, 9.17) is 5.84 Å². The van der Waals surface area contributed by atoms with Crippen LogP contribution in [-0.2, 0) is 0 Å². The Balaban J connectivity index is 1.95. The fourth-order valence-corrected chi connectivity index (χ4v) is 1.34. The fourth-order valence-electron chi connectivity index (χ4n) is 1.34. The topological polar surface area (TPSA) is 53.3 Å². The Bertz CT molecular complexity index is 475. The zero-order valence-corrected chi connectivity index (χ0v) is 9.10. The molecule has 2 aromatic rings. The number of benzene rings is 2. The van der Waals surface area contributed by atoms with Crippen molar-refractivity contribution in [3.05, 3.63) is 60.4 Å². The van der Waals surface area contributed by atoms with Gasteiger partial charge in [0.2, 0.25) is 0 Å². The van der Waals surface area contributed by atoms with Gasteiger partial charge in [-0.2, -0.15) is 0 Å². The maximum atomic E-state index is 12.9. The number of rotatable bonds is 4. The van der Waals surface area contributed by atoms with E-state index in [1.165, 1.54) is 17.3 Å². The summed E-state index contributed by atoms with van der Waals surface area (Å²) in [5, 5.41) is 1.31. The summed E-state index contributed by atoms with van der Waals surface area (Å²) < 4.78 is 12.9. The van der Waals surface area contributed by atoms with Crippen LogP contribution < -0.4 is 21.9 Å². The summed E-state index contributed by atoms with van der Waals surface area (Å²) in [6.07, 6.45) is 0. The van der Waals surface area contributed by atoms with Crippen molar-refractivity contribution in [1.82, 2.24) is 5.53 Å². The van der Waals surface area contributed by atoms with Crippen molar-refractivity contribution >= 4 is 11.4 Å². The first-order chi connectivity index (χ1) is 8.25. The number of hydrazine groups is 3. The molecule has 0 atom stereocenters. The summed E-state index contributed by atoms with van der Waals surface area (Å²) >= 11 is 0. The molecule has 0 amide bonds. The van der Waals surface area contributed by atoms with E-state index in [2.05, 4.69) is 11.0 Å². The van der Waals surface area contributed by atoms with Crippen molar-refractivity contribution in [3.8, 4) is 0 Å². The minimum atomic E-state index is -0.305. The molecule has 0 saturated heterocycles. The fraction of sp³-hybridized carbons (Fsp3) is 0. The van der Waals surface area contributed by atoms with Crippen molar-refractivity contribution in [2.45, 2.75) is 0 Å². The lowest BCUT2D eigenvalue weighted by Gasteiger charge is -2.20. The predicted molar refractivity (Wildman–Crippen MR) is 66.3 cm³/mol. The van der Waals surface area contributed by atoms with E-state index in [1.807, 2.05) is 30.3 Å². The summed E-state index contributed by atoms with van der Waals surface area (Å²) in [5.41, 5.74) is 6.91. The van der Waals surface area contributed by atoms with Crippen LogP contribution in [0.2, 0.25) is 0 Å². The molecule has 0 heterocycles. The number of hydrogen-bond acceptors (Lipinski definition) is 4. The Morgan fingerprint density at radius 1 is 1.00 bits per heavy atom. The zero-order valence-electron chi connectivity index (χ0n) is 9.10. The second-order valence-corrected chi connectivity index (χ2v) is 3.45. The number of nitrogens with one attached hydrogen (secondary N) is 2. The molecule has 0 saturated carbocycles. The van der Waals surface area contributed by atoms with Gasteiger partial charge in [0.15, 0.2) is 0 Å². The number of halogens is 1. The lowest BCUT2D eigenvalue weighted by atomic mass is 10.3.